The van der Waals surface area contributed by atoms with E-state index in [0.717, 1.165) is 62.7 Å². The summed E-state index contributed by atoms with van der Waals surface area (Å²) in [7, 11) is 0. The molecule has 1 aliphatic rings. The molecule has 3 aromatic carbocycles. The molecule has 0 radical (unpaired) electrons. The van der Waals surface area contributed by atoms with E-state index >= 15 is 0 Å². The van der Waals surface area contributed by atoms with Gasteiger partial charge in [-0.2, -0.15) is 0 Å². The standard InChI is InChI=1S/C34H39F3O2/c1-3-5-21-38-28-16-13-26(14-17-28)31-19-15-27(33(36)34(31)37)12-9-24-7-10-25(11-8-24)30-20-18-29(23-32(30)35)39-22-6-4-2/h4,13-20,23-25H,2-3,5-12,21-22H2,1H3. The normalized spacial score (nSPS) is 17.1. The predicted octanol–water partition coefficient (Wildman–Crippen LogP) is 9.81. The van der Waals surface area contributed by atoms with Crippen molar-refractivity contribution in [1.29, 1.82) is 0 Å². The summed E-state index contributed by atoms with van der Waals surface area (Å²) in [5, 5.41) is 0. The van der Waals surface area contributed by atoms with Crippen LogP contribution in [0.3, 0.4) is 0 Å². The predicted molar refractivity (Wildman–Crippen MR) is 152 cm³/mol. The highest BCUT2D eigenvalue weighted by Crippen LogP contribution is 2.39. The van der Waals surface area contributed by atoms with E-state index in [1.54, 1.807) is 42.5 Å². The quantitative estimate of drug-likeness (QED) is 0.160. The lowest BCUT2D eigenvalue weighted by Crippen LogP contribution is -2.15. The monoisotopic (exact) mass is 536 g/mol. The molecule has 0 atom stereocenters. The highest BCUT2D eigenvalue weighted by Gasteiger charge is 2.25. The average Bonchev–Trinajstić information content (AvgIpc) is 2.95. The molecule has 0 spiro atoms. The van der Waals surface area contributed by atoms with Crippen LogP contribution in [-0.4, -0.2) is 13.2 Å². The van der Waals surface area contributed by atoms with Crippen LogP contribution in [0.1, 0.15) is 75.3 Å². The van der Waals surface area contributed by atoms with Gasteiger partial charge >= 0.3 is 0 Å². The summed E-state index contributed by atoms with van der Waals surface area (Å²) in [4.78, 5) is 0. The Labute approximate surface area is 230 Å². The van der Waals surface area contributed by atoms with Crippen LogP contribution in [0.5, 0.6) is 11.5 Å². The Morgan fingerprint density at radius 1 is 0.846 bits per heavy atom. The van der Waals surface area contributed by atoms with Gasteiger partial charge in [0, 0.05) is 11.6 Å². The van der Waals surface area contributed by atoms with Gasteiger partial charge in [0.1, 0.15) is 17.3 Å². The van der Waals surface area contributed by atoms with Crippen LogP contribution in [0, 0.1) is 23.4 Å². The Hall–Kier alpha value is -3.21. The van der Waals surface area contributed by atoms with Crippen molar-refractivity contribution in [3.63, 3.8) is 0 Å². The van der Waals surface area contributed by atoms with E-state index in [1.807, 2.05) is 12.1 Å². The lowest BCUT2D eigenvalue weighted by Gasteiger charge is -2.29. The molecule has 0 unspecified atom stereocenters. The molecule has 3 aromatic rings. The van der Waals surface area contributed by atoms with Crippen LogP contribution < -0.4 is 9.47 Å². The van der Waals surface area contributed by atoms with Crippen molar-refractivity contribution >= 4 is 0 Å². The van der Waals surface area contributed by atoms with Crippen molar-refractivity contribution in [2.24, 2.45) is 5.92 Å². The van der Waals surface area contributed by atoms with E-state index in [4.69, 9.17) is 9.47 Å². The van der Waals surface area contributed by atoms with E-state index in [1.165, 1.54) is 6.07 Å². The summed E-state index contributed by atoms with van der Waals surface area (Å²) in [6.07, 6.45) is 9.51. The van der Waals surface area contributed by atoms with Crippen LogP contribution in [0.2, 0.25) is 0 Å². The number of benzene rings is 3. The number of hydrogen-bond donors (Lipinski definition) is 0. The van der Waals surface area contributed by atoms with Crippen molar-refractivity contribution in [1.82, 2.24) is 0 Å². The SMILES string of the molecule is C=CCCOc1ccc(C2CCC(CCc3ccc(-c4ccc(OCCCC)cc4)c(F)c3F)CC2)c(F)c1. The molecule has 0 aliphatic heterocycles. The Balaban J connectivity index is 1.29. The molecule has 4 rings (SSSR count). The van der Waals surface area contributed by atoms with E-state index in [9.17, 15) is 13.2 Å². The van der Waals surface area contributed by atoms with Gasteiger partial charge in [0.15, 0.2) is 11.6 Å². The van der Waals surface area contributed by atoms with Gasteiger partial charge in [-0.3, -0.25) is 0 Å². The largest absolute Gasteiger partial charge is 0.494 e. The molecule has 0 aromatic heterocycles. The fraction of sp³-hybridized carbons (Fsp3) is 0.412. The van der Waals surface area contributed by atoms with E-state index in [-0.39, 0.29) is 17.3 Å². The van der Waals surface area contributed by atoms with Gasteiger partial charge in [0.25, 0.3) is 0 Å². The van der Waals surface area contributed by atoms with Crippen molar-refractivity contribution in [2.75, 3.05) is 13.2 Å². The highest BCUT2D eigenvalue weighted by atomic mass is 19.2. The van der Waals surface area contributed by atoms with Gasteiger partial charge in [-0.05, 0) is 98.1 Å². The Morgan fingerprint density at radius 3 is 2.26 bits per heavy atom. The maximum absolute atomic E-state index is 15.0. The van der Waals surface area contributed by atoms with Crippen molar-refractivity contribution in [3.8, 4) is 22.6 Å². The first-order valence-corrected chi connectivity index (χ1v) is 14.2. The van der Waals surface area contributed by atoms with Gasteiger partial charge in [-0.1, -0.05) is 49.8 Å². The molecule has 0 amide bonds. The Bertz CT molecular complexity index is 1210. The molecule has 0 saturated heterocycles. The molecule has 39 heavy (non-hydrogen) atoms. The molecular formula is C34H39F3O2. The second-order valence-electron chi connectivity index (χ2n) is 10.5. The number of ether oxygens (including phenoxy) is 2. The second-order valence-corrected chi connectivity index (χ2v) is 10.5. The zero-order valence-electron chi connectivity index (χ0n) is 22.9. The summed E-state index contributed by atoms with van der Waals surface area (Å²) in [5.41, 5.74) is 2.04. The van der Waals surface area contributed by atoms with Crippen LogP contribution in [-0.2, 0) is 6.42 Å². The van der Waals surface area contributed by atoms with Crippen molar-refractivity contribution in [2.45, 2.75) is 70.6 Å². The fourth-order valence-corrected chi connectivity index (χ4v) is 5.38. The molecule has 0 heterocycles. The molecule has 208 valence electrons. The number of rotatable bonds is 13. The first kappa shape index (κ1) is 28.8. The zero-order valence-corrected chi connectivity index (χ0v) is 22.9. The van der Waals surface area contributed by atoms with Crippen LogP contribution >= 0.6 is 0 Å². The van der Waals surface area contributed by atoms with Gasteiger partial charge in [-0.25, -0.2) is 13.2 Å². The van der Waals surface area contributed by atoms with Crippen LogP contribution in [0.4, 0.5) is 13.2 Å². The summed E-state index contributed by atoms with van der Waals surface area (Å²) < 4.78 is 56.0. The third-order valence-electron chi connectivity index (χ3n) is 7.77. The van der Waals surface area contributed by atoms with Gasteiger partial charge in [0.05, 0.1) is 13.2 Å². The summed E-state index contributed by atoms with van der Waals surface area (Å²) in [6.45, 7) is 6.90. The highest BCUT2D eigenvalue weighted by molar-refractivity contribution is 5.65. The number of unbranched alkanes of at least 4 members (excludes halogenated alkanes) is 1. The van der Waals surface area contributed by atoms with E-state index in [2.05, 4.69) is 13.5 Å². The summed E-state index contributed by atoms with van der Waals surface area (Å²) in [6, 6.07) is 15.7. The first-order chi connectivity index (χ1) is 19.0. The van der Waals surface area contributed by atoms with Crippen LogP contribution in [0.25, 0.3) is 11.1 Å². The molecule has 1 saturated carbocycles. The Morgan fingerprint density at radius 2 is 1.56 bits per heavy atom. The zero-order chi connectivity index (χ0) is 27.6. The lowest BCUT2D eigenvalue weighted by molar-refractivity contribution is 0.303. The number of halogens is 3. The maximum Gasteiger partial charge on any atom is 0.166 e. The van der Waals surface area contributed by atoms with E-state index < -0.39 is 11.6 Å². The molecular weight excluding hydrogens is 497 g/mol. The third-order valence-corrected chi connectivity index (χ3v) is 7.77. The smallest absolute Gasteiger partial charge is 0.166 e. The molecule has 0 N–H and O–H groups in total. The molecule has 2 nitrogen and oxygen atoms in total. The van der Waals surface area contributed by atoms with Gasteiger partial charge in [0.2, 0.25) is 0 Å². The molecule has 0 bridgehead atoms. The Kier molecular flexibility index (Phi) is 10.5. The van der Waals surface area contributed by atoms with Crippen molar-refractivity contribution < 1.29 is 22.6 Å². The number of aryl methyl sites for hydroxylation is 1. The summed E-state index contributed by atoms with van der Waals surface area (Å²) >= 11 is 0. The van der Waals surface area contributed by atoms with Crippen LogP contribution in [0.15, 0.2) is 67.3 Å². The average molecular weight is 537 g/mol. The topological polar surface area (TPSA) is 18.5 Å². The third kappa shape index (κ3) is 7.68. The summed E-state index contributed by atoms with van der Waals surface area (Å²) in [5.74, 6) is 0.0950. The molecule has 1 fully saturated rings. The minimum atomic E-state index is -0.803. The second kappa shape index (κ2) is 14.3. The van der Waals surface area contributed by atoms with E-state index in [0.29, 0.717) is 42.4 Å². The van der Waals surface area contributed by atoms with Gasteiger partial charge in [-0.15, -0.1) is 6.58 Å². The fourth-order valence-electron chi connectivity index (χ4n) is 5.38. The minimum Gasteiger partial charge on any atom is -0.494 e. The molecule has 1 aliphatic carbocycles. The lowest BCUT2D eigenvalue weighted by atomic mass is 9.76. The van der Waals surface area contributed by atoms with Gasteiger partial charge < -0.3 is 9.47 Å². The first-order valence-electron chi connectivity index (χ1n) is 14.2. The molecule has 5 heteroatoms. The van der Waals surface area contributed by atoms with Crippen molar-refractivity contribution in [3.05, 3.63) is 95.8 Å². The maximum atomic E-state index is 15.0. The minimum absolute atomic E-state index is 0.181. The number of hydrogen-bond acceptors (Lipinski definition) is 2.